The zero-order valence-electron chi connectivity index (χ0n) is 16.7. The SMILES string of the molecule is COc1ccc(-c2cc(=Nc3cccc(C(F)(F)F)c3)c3cc(OC)ccc3o2)cc1. The van der Waals surface area contributed by atoms with Gasteiger partial charge in [-0.3, -0.25) is 0 Å². The van der Waals surface area contributed by atoms with Crippen LogP contribution < -0.4 is 14.8 Å². The van der Waals surface area contributed by atoms with Crippen LogP contribution in [-0.2, 0) is 6.18 Å². The molecular formula is C24H18F3NO3. The van der Waals surface area contributed by atoms with Crippen molar-refractivity contribution in [3.8, 4) is 22.8 Å². The fourth-order valence-electron chi connectivity index (χ4n) is 3.16. The molecule has 0 fully saturated rings. The van der Waals surface area contributed by atoms with E-state index in [4.69, 9.17) is 13.9 Å². The van der Waals surface area contributed by atoms with Crippen LogP contribution in [-0.4, -0.2) is 14.2 Å². The number of benzene rings is 3. The van der Waals surface area contributed by atoms with E-state index in [1.165, 1.54) is 19.2 Å². The fraction of sp³-hybridized carbons (Fsp3) is 0.125. The van der Waals surface area contributed by atoms with Gasteiger partial charge >= 0.3 is 6.18 Å². The summed E-state index contributed by atoms with van der Waals surface area (Å²) in [5.41, 5.74) is 0.733. The standard InChI is InChI=1S/C24H18F3NO3/c1-29-18-8-6-15(7-9-18)23-14-21(20-13-19(30-2)10-11-22(20)31-23)28-17-5-3-4-16(12-17)24(25,26)27/h3-14H,1-2H3. The first kappa shape index (κ1) is 20.5. The summed E-state index contributed by atoms with van der Waals surface area (Å²) in [6.07, 6.45) is -4.45. The lowest BCUT2D eigenvalue weighted by Crippen LogP contribution is -2.05. The van der Waals surface area contributed by atoms with Gasteiger partial charge in [0, 0.05) is 17.0 Å². The molecule has 3 aromatic carbocycles. The lowest BCUT2D eigenvalue weighted by Gasteiger charge is -2.08. The Morgan fingerprint density at radius 2 is 1.52 bits per heavy atom. The summed E-state index contributed by atoms with van der Waals surface area (Å²) in [5.74, 6) is 1.80. The number of hydrogen-bond donors (Lipinski definition) is 0. The molecule has 0 unspecified atom stereocenters. The summed E-state index contributed by atoms with van der Waals surface area (Å²) < 4.78 is 55.9. The predicted octanol–water partition coefficient (Wildman–Crippen LogP) is 6.37. The van der Waals surface area contributed by atoms with Crippen molar-refractivity contribution in [3.05, 3.63) is 83.7 Å². The molecule has 0 aliphatic rings. The molecule has 0 spiro atoms. The summed E-state index contributed by atoms with van der Waals surface area (Å²) in [6, 6.07) is 19.1. The first-order chi connectivity index (χ1) is 14.9. The second-order valence-electron chi connectivity index (χ2n) is 6.75. The van der Waals surface area contributed by atoms with Gasteiger partial charge in [-0.15, -0.1) is 0 Å². The number of methoxy groups -OCH3 is 2. The van der Waals surface area contributed by atoms with Crippen molar-refractivity contribution in [2.45, 2.75) is 6.18 Å². The molecule has 158 valence electrons. The average Bonchev–Trinajstić information content (AvgIpc) is 2.78. The topological polar surface area (TPSA) is 44.0 Å². The number of nitrogens with zero attached hydrogens (tertiary/aromatic N) is 1. The maximum atomic E-state index is 13.1. The van der Waals surface area contributed by atoms with E-state index in [0.717, 1.165) is 17.7 Å². The normalized spacial score (nSPS) is 12.2. The quantitative estimate of drug-likeness (QED) is 0.382. The number of rotatable bonds is 4. The van der Waals surface area contributed by atoms with E-state index in [1.807, 2.05) is 12.1 Å². The minimum absolute atomic E-state index is 0.186. The lowest BCUT2D eigenvalue weighted by molar-refractivity contribution is -0.137. The molecule has 4 rings (SSSR count). The number of fused-ring (bicyclic) bond motifs is 1. The number of alkyl halides is 3. The lowest BCUT2D eigenvalue weighted by atomic mass is 10.1. The third-order valence-electron chi connectivity index (χ3n) is 4.75. The van der Waals surface area contributed by atoms with Gasteiger partial charge in [0.05, 0.1) is 30.8 Å². The molecule has 0 atom stereocenters. The van der Waals surface area contributed by atoms with Crippen molar-refractivity contribution in [3.63, 3.8) is 0 Å². The van der Waals surface area contributed by atoms with Gasteiger partial charge in [0.2, 0.25) is 0 Å². The van der Waals surface area contributed by atoms with Crippen LogP contribution in [0.25, 0.3) is 22.3 Å². The van der Waals surface area contributed by atoms with Gasteiger partial charge < -0.3 is 13.9 Å². The Balaban J connectivity index is 1.94. The molecule has 0 aliphatic heterocycles. The van der Waals surface area contributed by atoms with Gasteiger partial charge in [0.25, 0.3) is 0 Å². The Labute approximate surface area is 176 Å². The van der Waals surface area contributed by atoms with Crippen molar-refractivity contribution in [2.24, 2.45) is 4.99 Å². The van der Waals surface area contributed by atoms with Crippen molar-refractivity contribution in [1.82, 2.24) is 0 Å². The largest absolute Gasteiger partial charge is 0.497 e. The highest BCUT2D eigenvalue weighted by atomic mass is 19.4. The number of ether oxygens (including phenoxy) is 2. The van der Waals surface area contributed by atoms with Crippen molar-refractivity contribution in [2.75, 3.05) is 14.2 Å². The molecule has 7 heteroatoms. The molecule has 0 saturated carbocycles. The summed E-state index contributed by atoms with van der Waals surface area (Å²) in [6.45, 7) is 0. The summed E-state index contributed by atoms with van der Waals surface area (Å²) in [7, 11) is 3.11. The van der Waals surface area contributed by atoms with E-state index in [2.05, 4.69) is 4.99 Å². The van der Waals surface area contributed by atoms with Gasteiger partial charge in [-0.25, -0.2) is 4.99 Å². The van der Waals surface area contributed by atoms with Gasteiger partial charge in [-0.2, -0.15) is 13.2 Å². The number of hydrogen-bond acceptors (Lipinski definition) is 4. The van der Waals surface area contributed by atoms with E-state index in [-0.39, 0.29) is 5.69 Å². The molecule has 0 amide bonds. The minimum Gasteiger partial charge on any atom is -0.497 e. The zero-order chi connectivity index (χ0) is 22.0. The smallest absolute Gasteiger partial charge is 0.416 e. The van der Waals surface area contributed by atoms with Crippen molar-refractivity contribution in [1.29, 1.82) is 0 Å². The van der Waals surface area contributed by atoms with E-state index in [1.54, 1.807) is 43.5 Å². The molecule has 0 aliphatic carbocycles. The molecular weight excluding hydrogens is 407 g/mol. The van der Waals surface area contributed by atoms with Gasteiger partial charge in [-0.05, 0) is 60.7 Å². The van der Waals surface area contributed by atoms with Gasteiger partial charge in [0.15, 0.2) is 0 Å². The van der Waals surface area contributed by atoms with Gasteiger partial charge in [0.1, 0.15) is 22.8 Å². The van der Waals surface area contributed by atoms with E-state index < -0.39 is 11.7 Å². The monoisotopic (exact) mass is 425 g/mol. The summed E-state index contributed by atoms with van der Waals surface area (Å²) >= 11 is 0. The molecule has 0 radical (unpaired) electrons. The van der Waals surface area contributed by atoms with Crippen LogP contribution in [0.15, 0.2) is 82.2 Å². The highest BCUT2D eigenvalue weighted by Gasteiger charge is 2.30. The highest BCUT2D eigenvalue weighted by molar-refractivity contribution is 5.80. The Hall–Kier alpha value is -3.74. The van der Waals surface area contributed by atoms with Crippen LogP contribution in [0.1, 0.15) is 5.56 Å². The molecule has 1 aromatic heterocycles. The molecule has 4 nitrogen and oxygen atoms in total. The Bertz CT molecular complexity index is 1290. The molecule has 4 aromatic rings. The second-order valence-corrected chi connectivity index (χ2v) is 6.75. The van der Waals surface area contributed by atoms with Crippen LogP contribution in [0.5, 0.6) is 11.5 Å². The molecule has 0 saturated heterocycles. The van der Waals surface area contributed by atoms with Crippen LogP contribution >= 0.6 is 0 Å². The minimum atomic E-state index is -4.45. The van der Waals surface area contributed by atoms with Crippen LogP contribution in [0.3, 0.4) is 0 Å². The third kappa shape index (κ3) is 4.40. The molecule has 1 heterocycles. The van der Waals surface area contributed by atoms with Gasteiger partial charge in [-0.1, -0.05) is 6.07 Å². The Morgan fingerprint density at radius 1 is 0.806 bits per heavy atom. The number of halogens is 3. The van der Waals surface area contributed by atoms with E-state index >= 15 is 0 Å². The predicted molar refractivity (Wildman–Crippen MR) is 111 cm³/mol. The third-order valence-corrected chi connectivity index (χ3v) is 4.75. The highest BCUT2D eigenvalue weighted by Crippen LogP contribution is 2.32. The van der Waals surface area contributed by atoms with Crippen LogP contribution in [0.2, 0.25) is 0 Å². The first-order valence-electron chi connectivity index (χ1n) is 9.36. The van der Waals surface area contributed by atoms with E-state index in [9.17, 15) is 13.2 Å². The molecule has 0 bridgehead atoms. The molecule has 0 N–H and O–H groups in total. The maximum absolute atomic E-state index is 13.1. The Morgan fingerprint density at radius 3 is 2.19 bits per heavy atom. The van der Waals surface area contributed by atoms with Crippen LogP contribution in [0.4, 0.5) is 18.9 Å². The summed E-state index contributed by atoms with van der Waals surface area (Å²) in [5, 5.41) is 1.08. The first-order valence-corrected chi connectivity index (χ1v) is 9.36. The van der Waals surface area contributed by atoms with Crippen molar-refractivity contribution < 1.29 is 27.1 Å². The Kier molecular flexibility index (Phi) is 5.42. The fourth-order valence-corrected chi connectivity index (χ4v) is 3.16. The maximum Gasteiger partial charge on any atom is 0.416 e. The zero-order valence-corrected chi connectivity index (χ0v) is 16.7. The van der Waals surface area contributed by atoms with Crippen molar-refractivity contribution >= 4 is 16.7 Å². The summed E-state index contributed by atoms with van der Waals surface area (Å²) in [4.78, 5) is 4.50. The van der Waals surface area contributed by atoms with Crippen LogP contribution in [0, 0.1) is 0 Å². The second kappa shape index (κ2) is 8.18. The average molecular weight is 425 g/mol. The molecule has 31 heavy (non-hydrogen) atoms. The van der Waals surface area contributed by atoms with E-state index in [0.29, 0.717) is 33.6 Å².